The van der Waals surface area contributed by atoms with Crippen molar-refractivity contribution in [3.05, 3.63) is 16.6 Å². The molecule has 2 rings (SSSR count). The molecule has 0 aliphatic carbocycles. The first-order valence-corrected chi connectivity index (χ1v) is 7.14. The Hall–Kier alpha value is -0.450. The third-order valence-corrected chi connectivity index (χ3v) is 4.07. The Labute approximate surface area is 102 Å². The predicted octanol–water partition coefficient (Wildman–Crippen LogP) is 2.33. The molecule has 0 spiro atoms. The normalized spacial score (nSPS) is 23.2. The van der Waals surface area contributed by atoms with E-state index in [1.54, 1.807) is 11.3 Å². The number of nitrogens with zero attached hydrogens (tertiary/aromatic N) is 1. The van der Waals surface area contributed by atoms with Gasteiger partial charge in [-0.3, -0.25) is 0 Å². The molecule has 1 aliphatic rings. The molecular formula is C12H21N3S. The molecule has 4 heteroatoms. The molecule has 2 heterocycles. The monoisotopic (exact) mass is 239 g/mol. The quantitative estimate of drug-likeness (QED) is 0.828. The zero-order chi connectivity index (χ0) is 11.2. The fraction of sp³-hybridized carbons (Fsp3) is 0.750. The van der Waals surface area contributed by atoms with Crippen molar-refractivity contribution in [3.8, 4) is 0 Å². The molecule has 0 bridgehead atoms. The molecule has 1 fully saturated rings. The van der Waals surface area contributed by atoms with Crippen molar-refractivity contribution in [3.63, 3.8) is 0 Å². The topological polar surface area (TPSA) is 37.0 Å². The first-order chi connectivity index (χ1) is 7.90. The van der Waals surface area contributed by atoms with Gasteiger partial charge in [-0.2, -0.15) is 0 Å². The Morgan fingerprint density at radius 1 is 1.62 bits per heavy atom. The van der Waals surface area contributed by atoms with Gasteiger partial charge in [-0.05, 0) is 25.8 Å². The third-order valence-electron chi connectivity index (χ3n) is 3.18. The molecule has 0 amide bonds. The van der Waals surface area contributed by atoms with Gasteiger partial charge in [-0.25, -0.2) is 4.98 Å². The van der Waals surface area contributed by atoms with Crippen LogP contribution in [0.4, 0.5) is 0 Å². The molecule has 90 valence electrons. The van der Waals surface area contributed by atoms with Crippen molar-refractivity contribution in [2.24, 2.45) is 0 Å². The molecule has 3 nitrogen and oxygen atoms in total. The highest BCUT2D eigenvalue weighted by Gasteiger charge is 2.16. The zero-order valence-corrected chi connectivity index (χ0v) is 10.7. The van der Waals surface area contributed by atoms with Crippen molar-refractivity contribution in [1.82, 2.24) is 15.6 Å². The second-order valence-electron chi connectivity index (χ2n) is 4.39. The van der Waals surface area contributed by atoms with Crippen molar-refractivity contribution < 1.29 is 0 Å². The van der Waals surface area contributed by atoms with Gasteiger partial charge in [-0.1, -0.05) is 13.3 Å². The maximum absolute atomic E-state index is 4.39. The van der Waals surface area contributed by atoms with Crippen molar-refractivity contribution >= 4 is 11.3 Å². The SMILES string of the molecule is CCC(NCC1CCCCN1)c1nccs1. The Kier molecular flexibility index (Phi) is 4.75. The molecule has 1 aromatic heterocycles. The minimum atomic E-state index is 0.434. The van der Waals surface area contributed by atoms with Gasteiger partial charge in [0.25, 0.3) is 0 Å². The molecule has 2 atom stereocenters. The van der Waals surface area contributed by atoms with Crippen LogP contribution >= 0.6 is 11.3 Å². The van der Waals surface area contributed by atoms with E-state index in [0.717, 1.165) is 13.0 Å². The highest BCUT2D eigenvalue weighted by molar-refractivity contribution is 7.09. The number of nitrogens with one attached hydrogen (secondary N) is 2. The first-order valence-electron chi connectivity index (χ1n) is 6.26. The van der Waals surface area contributed by atoms with Gasteiger partial charge in [-0.15, -0.1) is 11.3 Å². The number of aromatic nitrogens is 1. The highest BCUT2D eigenvalue weighted by Crippen LogP contribution is 2.19. The van der Waals surface area contributed by atoms with E-state index < -0.39 is 0 Å². The van der Waals surface area contributed by atoms with Crippen molar-refractivity contribution in [1.29, 1.82) is 0 Å². The van der Waals surface area contributed by atoms with E-state index >= 15 is 0 Å². The Bertz CT molecular complexity index is 280. The molecule has 16 heavy (non-hydrogen) atoms. The lowest BCUT2D eigenvalue weighted by atomic mass is 10.0. The van der Waals surface area contributed by atoms with E-state index in [-0.39, 0.29) is 0 Å². The Morgan fingerprint density at radius 3 is 3.19 bits per heavy atom. The van der Waals surface area contributed by atoms with Gasteiger partial charge in [0.2, 0.25) is 0 Å². The predicted molar refractivity (Wildman–Crippen MR) is 68.8 cm³/mol. The van der Waals surface area contributed by atoms with Crippen LogP contribution in [0.15, 0.2) is 11.6 Å². The molecule has 0 aromatic carbocycles. The van der Waals surface area contributed by atoms with E-state index in [2.05, 4.69) is 27.9 Å². The number of hydrogen-bond donors (Lipinski definition) is 2. The molecule has 2 N–H and O–H groups in total. The molecule has 0 radical (unpaired) electrons. The number of thiazole rings is 1. The molecule has 1 aromatic rings. The molecular weight excluding hydrogens is 218 g/mol. The Morgan fingerprint density at radius 2 is 2.56 bits per heavy atom. The molecule has 1 saturated heterocycles. The summed E-state index contributed by atoms with van der Waals surface area (Å²) in [6.45, 7) is 4.46. The van der Waals surface area contributed by atoms with E-state index in [1.807, 2.05) is 6.20 Å². The summed E-state index contributed by atoms with van der Waals surface area (Å²) in [5.41, 5.74) is 0. The van der Waals surface area contributed by atoms with Gasteiger partial charge in [0, 0.05) is 24.2 Å². The van der Waals surface area contributed by atoms with Gasteiger partial charge in [0.1, 0.15) is 5.01 Å². The van der Waals surface area contributed by atoms with Crippen LogP contribution in [0, 0.1) is 0 Å². The summed E-state index contributed by atoms with van der Waals surface area (Å²) < 4.78 is 0. The zero-order valence-electron chi connectivity index (χ0n) is 9.91. The van der Waals surface area contributed by atoms with Crippen LogP contribution in [0.1, 0.15) is 43.7 Å². The lowest BCUT2D eigenvalue weighted by Gasteiger charge is -2.25. The summed E-state index contributed by atoms with van der Waals surface area (Å²) in [7, 11) is 0. The number of piperidine rings is 1. The van der Waals surface area contributed by atoms with Crippen LogP contribution < -0.4 is 10.6 Å². The lowest BCUT2D eigenvalue weighted by Crippen LogP contribution is -2.42. The standard InChI is InChI=1S/C12H21N3S/c1-2-11(12-14-7-8-16-12)15-9-10-5-3-4-6-13-10/h7-8,10-11,13,15H,2-6,9H2,1H3. The molecule has 1 aliphatic heterocycles. The van der Waals surface area contributed by atoms with Crippen LogP contribution in [-0.4, -0.2) is 24.1 Å². The van der Waals surface area contributed by atoms with Crippen molar-refractivity contribution in [2.75, 3.05) is 13.1 Å². The summed E-state index contributed by atoms with van der Waals surface area (Å²) in [6.07, 6.45) is 7.01. The van der Waals surface area contributed by atoms with E-state index in [4.69, 9.17) is 0 Å². The summed E-state index contributed by atoms with van der Waals surface area (Å²) in [5, 5.41) is 10.5. The van der Waals surface area contributed by atoms with Crippen molar-refractivity contribution in [2.45, 2.75) is 44.7 Å². The minimum Gasteiger partial charge on any atom is -0.313 e. The van der Waals surface area contributed by atoms with Gasteiger partial charge < -0.3 is 10.6 Å². The van der Waals surface area contributed by atoms with E-state index in [0.29, 0.717) is 12.1 Å². The van der Waals surface area contributed by atoms with Crippen LogP contribution in [0.5, 0.6) is 0 Å². The summed E-state index contributed by atoms with van der Waals surface area (Å²) >= 11 is 1.75. The summed E-state index contributed by atoms with van der Waals surface area (Å²) in [5.74, 6) is 0. The van der Waals surface area contributed by atoms with Crippen LogP contribution in [0.3, 0.4) is 0 Å². The average Bonchev–Trinajstić information content (AvgIpc) is 2.85. The second kappa shape index (κ2) is 6.33. The third kappa shape index (κ3) is 3.27. The van der Waals surface area contributed by atoms with E-state index in [9.17, 15) is 0 Å². The summed E-state index contributed by atoms with van der Waals surface area (Å²) in [6, 6.07) is 1.09. The second-order valence-corrected chi connectivity index (χ2v) is 5.31. The molecule has 2 unspecified atom stereocenters. The maximum Gasteiger partial charge on any atom is 0.109 e. The van der Waals surface area contributed by atoms with Crippen LogP contribution in [-0.2, 0) is 0 Å². The largest absolute Gasteiger partial charge is 0.313 e. The van der Waals surface area contributed by atoms with Gasteiger partial charge in [0.05, 0.1) is 6.04 Å². The minimum absolute atomic E-state index is 0.434. The fourth-order valence-electron chi connectivity index (χ4n) is 2.20. The maximum atomic E-state index is 4.39. The summed E-state index contributed by atoms with van der Waals surface area (Å²) in [4.78, 5) is 4.39. The average molecular weight is 239 g/mol. The number of hydrogen-bond acceptors (Lipinski definition) is 4. The smallest absolute Gasteiger partial charge is 0.109 e. The fourth-order valence-corrected chi connectivity index (χ4v) is 2.99. The first kappa shape index (κ1) is 12.0. The van der Waals surface area contributed by atoms with Crippen LogP contribution in [0.25, 0.3) is 0 Å². The highest BCUT2D eigenvalue weighted by atomic mass is 32.1. The van der Waals surface area contributed by atoms with E-state index in [1.165, 1.54) is 30.8 Å². The number of rotatable bonds is 5. The van der Waals surface area contributed by atoms with Gasteiger partial charge >= 0.3 is 0 Å². The molecule has 0 saturated carbocycles. The van der Waals surface area contributed by atoms with Gasteiger partial charge in [0.15, 0.2) is 0 Å². The van der Waals surface area contributed by atoms with Crippen LogP contribution in [0.2, 0.25) is 0 Å². The Balaban J connectivity index is 1.78. The lowest BCUT2D eigenvalue weighted by molar-refractivity contribution is 0.364.